The molecule has 0 atom stereocenters. The molecule has 2 rings (SSSR count). The Hall–Kier alpha value is -1.90. The summed E-state index contributed by atoms with van der Waals surface area (Å²) < 4.78 is 2.05. The molecule has 1 aromatic carbocycles. The molecule has 0 N–H and O–H groups in total. The van der Waals surface area contributed by atoms with E-state index in [2.05, 4.69) is 67.8 Å². The summed E-state index contributed by atoms with van der Waals surface area (Å²) in [6.07, 6.45) is 2.17. The quantitative estimate of drug-likeness (QED) is 0.793. The molecule has 0 aliphatic heterocycles. The van der Waals surface area contributed by atoms with E-state index in [1.54, 1.807) is 0 Å². The van der Waals surface area contributed by atoms with E-state index in [1.807, 2.05) is 0 Å². The van der Waals surface area contributed by atoms with Crippen LogP contribution in [0.4, 0.5) is 0 Å². The first-order chi connectivity index (χ1) is 9.41. The number of benzene rings is 1. The van der Waals surface area contributed by atoms with Crippen LogP contribution < -0.4 is 0 Å². The molecule has 0 bridgehead atoms. The molecule has 0 fully saturated rings. The van der Waals surface area contributed by atoms with Crippen LogP contribution in [0.5, 0.6) is 0 Å². The number of hydrogen-bond acceptors (Lipinski definition) is 2. The zero-order valence-electron chi connectivity index (χ0n) is 12.7. The first kappa shape index (κ1) is 14.5. The van der Waals surface area contributed by atoms with Crippen molar-refractivity contribution in [3.05, 3.63) is 41.6 Å². The summed E-state index contributed by atoms with van der Waals surface area (Å²) in [6, 6.07) is 10.6. The van der Waals surface area contributed by atoms with Gasteiger partial charge in [0.05, 0.1) is 16.9 Å². The number of rotatable bonds is 4. The molecule has 0 aliphatic carbocycles. The van der Waals surface area contributed by atoms with Crippen molar-refractivity contribution in [2.75, 3.05) is 0 Å². The Labute approximate surface area is 120 Å². The van der Waals surface area contributed by atoms with Gasteiger partial charge >= 0.3 is 0 Å². The lowest BCUT2D eigenvalue weighted by Gasteiger charge is -2.22. The van der Waals surface area contributed by atoms with E-state index in [-0.39, 0.29) is 5.54 Å². The van der Waals surface area contributed by atoms with Gasteiger partial charge in [0.1, 0.15) is 6.29 Å². The van der Waals surface area contributed by atoms with Gasteiger partial charge in [-0.25, -0.2) is 0 Å². The maximum Gasteiger partial charge on any atom is 0.120 e. The van der Waals surface area contributed by atoms with Crippen LogP contribution in [0, 0.1) is 6.92 Å². The number of aldehydes is 1. The fourth-order valence-corrected chi connectivity index (χ4v) is 2.20. The largest absolute Gasteiger partial charge is 0.303 e. The third-order valence-corrected chi connectivity index (χ3v) is 3.26. The zero-order chi connectivity index (χ0) is 14.8. The standard InChI is InChI=1S/C17H22N2O/c1-13-7-9-14(10-8-13)16-12-15(6-5-11-20)18-19(16)17(2,3)4/h7-12H,5-6H2,1-4H3. The van der Waals surface area contributed by atoms with Gasteiger partial charge in [0.2, 0.25) is 0 Å². The fraction of sp³-hybridized carbons (Fsp3) is 0.412. The van der Waals surface area contributed by atoms with Crippen LogP contribution >= 0.6 is 0 Å². The molecule has 3 heteroatoms. The van der Waals surface area contributed by atoms with E-state index in [1.165, 1.54) is 5.56 Å². The summed E-state index contributed by atoms with van der Waals surface area (Å²) in [6.45, 7) is 8.50. The Morgan fingerprint density at radius 1 is 1.20 bits per heavy atom. The van der Waals surface area contributed by atoms with Crippen molar-refractivity contribution in [2.45, 2.75) is 46.1 Å². The normalized spacial score (nSPS) is 11.6. The molecule has 106 valence electrons. The molecule has 1 aromatic heterocycles. The van der Waals surface area contributed by atoms with Crippen molar-refractivity contribution in [3.8, 4) is 11.3 Å². The Balaban J connectivity index is 2.46. The monoisotopic (exact) mass is 270 g/mol. The van der Waals surface area contributed by atoms with E-state index >= 15 is 0 Å². The van der Waals surface area contributed by atoms with Gasteiger partial charge in [0.15, 0.2) is 0 Å². The van der Waals surface area contributed by atoms with Crippen molar-refractivity contribution in [3.63, 3.8) is 0 Å². The Kier molecular flexibility index (Phi) is 4.07. The summed E-state index contributed by atoms with van der Waals surface area (Å²) in [7, 11) is 0. The number of nitrogens with zero attached hydrogens (tertiary/aromatic N) is 2. The second kappa shape index (κ2) is 5.61. The molecule has 0 aliphatic rings. The highest BCUT2D eigenvalue weighted by atomic mass is 16.1. The molecule has 1 heterocycles. The average Bonchev–Trinajstić information content (AvgIpc) is 2.81. The molecule has 0 amide bonds. The fourth-order valence-electron chi connectivity index (χ4n) is 2.20. The number of carbonyl (C=O) groups is 1. The molecule has 0 saturated carbocycles. The van der Waals surface area contributed by atoms with Crippen LogP contribution in [-0.2, 0) is 16.8 Å². The van der Waals surface area contributed by atoms with Crippen LogP contribution in [0.25, 0.3) is 11.3 Å². The van der Waals surface area contributed by atoms with E-state index in [0.29, 0.717) is 12.8 Å². The Bertz CT molecular complexity index is 588. The van der Waals surface area contributed by atoms with Crippen molar-refractivity contribution in [1.82, 2.24) is 9.78 Å². The van der Waals surface area contributed by atoms with Crippen molar-refractivity contribution >= 4 is 6.29 Å². The SMILES string of the molecule is Cc1ccc(-c2cc(CCC=O)nn2C(C)(C)C)cc1. The van der Waals surface area contributed by atoms with Crippen LogP contribution in [0.1, 0.15) is 38.4 Å². The van der Waals surface area contributed by atoms with Crippen LogP contribution in [0.2, 0.25) is 0 Å². The van der Waals surface area contributed by atoms with Gasteiger partial charge in [-0.15, -0.1) is 0 Å². The predicted molar refractivity (Wildman–Crippen MR) is 81.8 cm³/mol. The molecule has 2 aromatic rings. The Morgan fingerprint density at radius 2 is 1.85 bits per heavy atom. The van der Waals surface area contributed by atoms with E-state index < -0.39 is 0 Å². The van der Waals surface area contributed by atoms with Crippen LogP contribution in [0.3, 0.4) is 0 Å². The van der Waals surface area contributed by atoms with E-state index in [0.717, 1.165) is 23.2 Å². The lowest BCUT2D eigenvalue weighted by Crippen LogP contribution is -2.24. The minimum atomic E-state index is -0.0837. The molecule has 0 radical (unpaired) electrons. The van der Waals surface area contributed by atoms with Crippen molar-refractivity contribution in [2.24, 2.45) is 0 Å². The number of aryl methyl sites for hydroxylation is 2. The highest BCUT2D eigenvalue weighted by Crippen LogP contribution is 2.27. The van der Waals surface area contributed by atoms with E-state index in [9.17, 15) is 4.79 Å². The first-order valence-electron chi connectivity index (χ1n) is 7.02. The van der Waals surface area contributed by atoms with Crippen LogP contribution in [0.15, 0.2) is 30.3 Å². The average molecular weight is 270 g/mol. The lowest BCUT2D eigenvalue weighted by atomic mass is 10.1. The van der Waals surface area contributed by atoms with Crippen LogP contribution in [-0.4, -0.2) is 16.1 Å². The van der Waals surface area contributed by atoms with Gasteiger partial charge in [0, 0.05) is 6.42 Å². The second-order valence-electron chi connectivity index (χ2n) is 6.17. The number of aromatic nitrogens is 2. The summed E-state index contributed by atoms with van der Waals surface area (Å²) in [5.41, 5.74) is 4.41. The van der Waals surface area contributed by atoms with Crippen molar-refractivity contribution in [1.29, 1.82) is 0 Å². The maximum atomic E-state index is 10.5. The molecule has 0 saturated heterocycles. The maximum absolute atomic E-state index is 10.5. The molecule has 20 heavy (non-hydrogen) atoms. The highest BCUT2D eigenvalue weighted by Gasteiger charge is 2.20. The highest BCUT2D eigenvalue weighted by molar-refractivity contribution is 5.61. The minimum absolute atomic E-state index is 0.0837. The zero-order valence-corrected chi connectivity index (χ0v) is 12.7. The van der Waals surface area contributed by atoms with E-state index in [4.69, 9.17) is 0 Å². The smallest absolute Gasteiger partial charge is 0.120 e. The Morgan fingerprint density at radius 3 is 2.40 bits per heavy atom. The topological polar surface area (TPSA) is 34.9 Å². The third-order valence-electron chi connectivity index (χ3n) is 3.26. The first-order valence-corrected chi connectivity index (χ1v) is 7.02. The van der Waals surface area contributed by atoms with Gasteiger partial charge in [-0.2, -0.15) is 5.10 Å². The molecule has 0 spiro atoms. The summed E-state index contributed by atoms with van der Waals surface area (Å²) >= 11 is 0. The minimum Gasteiger partial charge on any atom is -0.303 e. The summed E-state index contributed by atoms with van der Waals surface area (Å²) in [4.78, 5) is 10.5. The molecule has 0 unspecified atom stereocenters. The lowest BCUT2D eigenvalue weighted by molar-refractivity contribution is -0.107. The summed E-state index contributed by atoms with van der Waals surface area (Å²) in [5, 5.41) is 4.68. The van der Waals surface area contributed by atoms with Gasteiger partial charge in [-0.05, 0) is 45.7 Å². The van der Waals surface area contributed by atoms with Gasteiger partial charge in [-0.3, -0.25) is 4.68 Å². The molecular weight excluding hydrogens is 248 g/mol. The molecule has 3 nitrogen and oxygen atoms in total. The van der Waals surface area contributed by atoms with Gasteiger partial charge in [0.25, 0.3) is 0 Å². The summed E-state index contributed by atoms with van der Waals surface area (Å²) in [5.74, 6) is 0. The number of carbonyl (C=O) groups excluding carboxylic acids is 1. The number of hydrogen-bond donors (Lipinski definition) is 0. The van der Waals surface area contributed by atoms with Crippen molar-refractivity contribution < 1.29 is 4.79 Å². The molecular formula is C17H22N2O. The van der Waals surface area contributed by atoms with Gasteiger partial charge < -0.3 is 4.79 Å². The van der Waals surface area contributed by atoms with Gasteiger partial charge in [-0.1, -0.05) is 29.8 Å². The predicted octanol–water partition coefficient (Wildman–Crippen LogP) is 3.75. The third kappa shape index (κ3) is 3.16. The second-order valence-corrected chi connectivity index (χ2v) is 6.17.